The van der Waals surface area contributed by atoms with Crippen LogP contribution >= 0.6 is 47.0 Å². The fourth-order valence-corrected chi connectivity index (χ4v) is 5.78. The van der Waals surface area contributed by atoms with Gasteiger partial charge in [0.1, 0.15) is 11.4 Å². The molecule has 8 nitrogen and oxygen atoms in total. The standard InChI is InChI=1S/C26H30N4O4S4/c1-35-25(36-2)19(29-21(31)17-11-7-5-8-12-17)23(33)27-15-16-28-24(34)20(26(37-3)38-4)30-22(32)18-13-9-6-10-14-18/h5-14H,15-16H2,1-4H3,(H,27,33)(H,28,34)(H,29,31)(H,30,32). The molecule has 0 aliphatic carbocycles. The number of rotatable bonds is 13. The van der Waals surface area contributed by atoms with Crippen molar-refractivity contribution < 1.29 is 19.2 Å². The summed E-state index contributed by atoms with van der Waals surface area (Å²) in [5.74, 6) is -1.72. The third-order valence-corrected chi connectivity index (χ3v) is 9.15. The van der Waals surface area contributed by atoms with Gasteiger partial charge in [-0.05, 0) is 49.3 Å². The monoisotopic (exact) mass is 590 g/mol. The zero-order valence-corrected chi connectivity index (χ0v) is 24.7. The molecule has 4 amide bonds. The summed E-state index contributed by atoms with van der Waals surface area (Å²) >= 11 is 5.40. The van der Waals surface area contributed by atoms with E-state index in [9.17, 15) is 19.2 Å². The maximum atomic E-state index is 13.0. The van der Waals surface area contributed by atoms with Gasteiger partial charge in [-0.25, -0.2) is 0 Å². The lowest BCUT2D eigenvalue weighted by molar-refractivity contribution is -0.119. The second-order valence-corrected chi connectivity index (χ2v) is 11.1. The van der Waals surface area contributed by atoms with Crippen LogP contribution in [0.3, 0.4) is 0 Å². The van der Waals surface area contributed by atoms with Crippen molar-refractivity contribution in [2.75, 3.05) is 38.1 Å². The summed E-state index contributed by atoms with van der Waals surface area (Å²) in [6.07, 6.45) is 7.28. The predicted octanol–water partition coefficient (Wildman–Crippen LogP) is 3.87. The molecule has 12 heteroatoms. The van der Waals surface area contributed by atoms with Crippen LogP contribution in [0.25, 0.3) is 0 Å². The van der Waals surface area contributed by atoms with E-state index < -0.39 is 23.6 Å². The van der Waals surface area contributed by atoms with Crippen molar-refractivity contribution in [2.45, 2.75) is 0 Å². The van der Waals surface area contributed by atoms with E-state index >= 15 is 0 Å². The number of amides is 4. The zero-order valence-electron chi connectivity index (χ0n) is 21.5. The van der Waals surface area contributed by atoms with Crippen LogP contribution < -0.4 is 21.3 Å². The molecule has 202 valence electrons. The van der Waals surface area contributed by atoms with Crippen molar-refractivity contribution in [3.05, 3.63) is 91.7 Å². The van der Waals surface area contributed by atoms with Crippen LogP contribution in [-0.4, -0.2) is 61.7 Å². The van der Waals surface area contributed by atoms with E-state index in [0.717, 1.165) is 0 Å². The Hall–Kier alpha value is -2.80. The van der Waals surface area contributed by atoms with Gasteiger partial charge in [0, 0.05) is 24.2 Å². The molecule has 38 heavy (non-hydrogen) atoms. The first-order valence-electron chi connectivity index (χ1n) is 11.3. The molecular weight excluding hydrogens is 561 g/mol. The van der Waals surface area contributed by atoms with Gasteiger partial charge >= 0.3 is 0 Å². The van der Waals surface area contributed by atoms with Crippen molar-refractivity contribution in [3.63, 3.8) is 0 Å². The average molecular weight is 591 g/mol. The van der Waals surface area contributed by atoms with Crippen LogP contribution in [0.1, 0.15) is 20.7 Å². The fraction of sp³-hybridized carbons (Fsp3) is 0.231. The molecule has 0 spiro atoms. The summed E-state index contributed by atoms with van der Waals surface area (Å²) in [5, 5.41) is 10.9. The van der Waals surface area contributed by atoms with Gasteiger partial charge in [-0.3, -0.25) is 19.2 Å². The molecule has 0 saturated carbocycles. The highest BCUT2D eigenvalue weighted by molar-refractivity contribution is 8.22. The topological polar surface area (TPSA) is 116 Å². The van der Waals surface area contributed by atoms with Crippen molar-refractivity contribution in [2.24, 2.45) is 0 Å². The normalized spacial score (nSPS) is 10.1. The number of benzene rings is 2. The highest BCUT2D eigenvalue weighted by Gasteiger charge is 2.20. The first kappa shape index (κ1) is 31.4. The molecule has 0 bridgehead atoms. The number of hydrogen-bond donors (Lipinski definition) is 4. The number of carbonyl (C=O) groups excluding carboxylic acids is 4. The minimum absolute atomic E-state index is 0.110. The van der Waals surface area contributed by atoms with Gasteiger partial charge < -0.3 is 21.3 Å². The third kappa shape index (κ3) is 9.50. The predicted molar refractivity (Wildman–Crippen MR) is 162 cm³/mol. The van der Waals surface area contributed by atoms with Gasteiger partial charge in [0.05, 0.1) is 8.47 Å². The summed E-state index contributed by atoms with van der Waals surface area (Å²) in [7, 11) is 0. The van der Waals surface area contributed by atoms with Crippen LogP contribution in [0.4, 0.5) is 0 Å². The number of carbonyl (C=O) groups is 4. The summed E-state index contributed by atoms with van der Waals surface area (Å²) in [5.41, 5.74) is 1.16. The van der Waals surface area contributed by atoms with Gasteiger partial charge in [0.25, 0.3) is 23.6 Å². The molecule has 0 fully saturated rings. The van der Waals surface area contributed by atoms with E-state index in [0.29, 0.717) is 19.6 Å². The molecule has 2 rings (SSSR count). The highest BCUT2D eigenvalue weighted by Crippen LogP contribution is 2.27. The SMILES string of the molecule is CSC(SC)=C(NC(=O)c1ccccc1)C(=O)NCCNC(=O)C(NC(=O)c1ccccc1)=C(SC)SC. The molecule has 0 aliphatic rings. The number of thioether (sulfide) groups is 4. The van der Waals surface area contributed by atoms with E-state index in [1.54, 1.807) is 60.7 Å². The first-order chi connectivity index (χ1) is 18.4. The maximum Gasteiger partial charge on any atom is 0.269 e. The molecule has 0 aliphatic heterocycles. The van der Waals surface area contributed by atoms with Gasteiger partial charge in [0.15, 0.2) is 0 Å². The van der Waals surface area contributed by atoms with Crippen LogP contribution in [0.2, 0.25) is 0 Å². The minimum Gasteiger partial charge on any atom is -0.349 e. The van der Waals surface area contributed by atoms with Crippen LogP contribution in [0.15, 0.2) is 80.5 Å². The summed E-state index contributed by atoms with van der Waals surface area (Å²) < 4.78 is 1.29. The molecular formula is C26H30N4O4S4. The Morgan fingerprint density at radius 1 is 0.553 bits per heavy atom. The largest absolute Gasteiger partial charge is 0.349 e. The Kier molecular flexibility index (Phi) is 14.0. The molecule has 0 heterocycles. The van der Waals surface area contributed by atoms with Crippen molar-refractivity contribution in [1.29, 1.82) is 0 Å². The van der Waals surface area contributed by atoms with Gasteiger partial charge in [-0.15, -0.1) is 47.0 Å². The van der Waals surface area contributed by atoms with Gasteiger partial charge in [-0.2, -0.15) is 0 Å². The average Bonchev–Trinajstić information content (AvgIpc) is 2.95. The Labute approximate surface area is 240 Å². The lowest BCUT2D eigenvalue weighted by atomic mass is 10.2. The van der Waals surface area contributed by atoms with E-state index in [1.807, 2.05) is 25.0 Å². The molecule has 0 unspecified atom stereocenters. The van der Waals surface area contributed by atoms with E-state index in [2.05, 4.69) is 21.3 Å². The summed E-state index contributed by atoms with van der Waals surface area (Å²) in [6.45, 7) is 0.220. The Bertz CT molecular complexity index is 1080. The second-order valence-electron chi connectivity index (χ2n) is 7.29. The second kappa shape index (κ2) is 16.9. The molecule has 2 aromatic rings. The van der Waals surface area contributed by atoms with Crippen molar-refractivity contribution in [1.82, 2.24) is 21.3 Å². The lowest BCUT2D eigenvalue weighted by Gasteiger charge is -2.16. The smallest absolute Gasteiger partial charge is 0.269 e. The Morgan fingerprint density at radius 2 is 0.868 bits per heavy atom. The van der Waals surface area contributed by atoms with Gasteiger partial charge in [-0.1, -0.05) is 36.4 Å². The number of nitrogens with one attached hydrogen (secondary N) is 4. The fourth-order valence-electron chi connectivity index (χ4n) is 3.06. The highest BCUT2D eigenvalue weighted by atomic mass is 32.2. The van der Waals surface area contributed by atoms with E-state index in [4.69, 9.17) is 0 Å². The molecule has 4 N–H and O–H groups in total. The molecule has 0 radical (unpaired) electrons. The maximum absolute atomic E-state index is 13.0. The van der Waals surface area contributed by atoms with E-state index in [-0.39, 0.29) is 24.5 Å². The van der Waals surface area contributed by atoms with Crippen molar-refractivity contribution in [3.8, 4) is 0 Å². The Morgan fingerprint density at radius 3 is 1.16 bits per heavy atom. The summed E-state index contributed by atoms with van der Waals surface area (Å²) in [6, 6.07) is 17.2. The lowest BCUT2D eigenvalue weighted by Crippen LogP contribution is -2.41. The molecule has 0 aromatic heterocycles. The molecule has 2 aromatic carbocycles. The zero-order chi connectivity index (χ0) is 27.9. The Balaban J connectivity index is 2.03. The van der Waals surface area contributed by atoms with E-state index in [1.165, 1.54) is 47.0 Å². The number of hydrogen-bond acceptors (Lipinski definition) is 8. The van der Waals surface area contributed by atoms with Crippen molar-refractivity contribution >= 4 is 70.7 Å². The van der Waals surface area contributed by atoms with Crippen LogP contribution in [0, 0.1) is 0 Å². The first-order valence-corrected chi connectivity index (χ1v) is 16.2. The summed E-state index contributed by atoms with van der Waals surface area (Å²) in [4.78, 5) is 51.2. The third-order valence-electron chi connectivity index (χ3n) is 4.85. The van der Waals surface area contributed by atoms with Crippen LogP contribution in [0.5, 0.6) is 0 Å². The minimum atomic E-state index is -0.468. The molecule has 0 saturated heterocycles. The van der Waals surface area contributed by atoms with Gasteiger partial charge in [0.2, 0.25) is 0 Å². The molecule has 0 atom stereocenters. The quantitative estimate of drug-likeness (QED) is 0.205. The van der Waals surface area contributed by atoms with Crippen LogP contribution in [-0.2, 0) is 9.59 Å².